The number of unbranched alkanes of at least 4 members (excludes halogenated alkanes) is 26. The molecule has 3 unspecified atom stereocenters. The average Bonchev–Trinajstić information content (AvgIpc) is 3.41. The largest absolute Gasteiger partial charge is 0.756 e. The monoisotopic (exact) mass is 1100 g/mol. The van der Waals surface area contributed by atoms with Crippen molar-refractivity contribution >= 4 is 13.7 Å². The number of carbonyl (C=O) groups is 1. The van der Waals surface area contributed by atoms with Gasteiger partial charge in [-0.25, -0.2) is 0 Å². The van der Waals surface area contributed by atoms with E-state index in [9.17, 15) is 19.4 Å². The van der Waals surface area contributed by atoms with Gasteiger partial charge in [0.1, 0.15) is 13.2 Å². The van der Waals surface area contributed by atoms with E-state index in [4.69, 9.17) is 9.05 Å². The number of likely N-dealkylation sites (N-methyl/N-ethyl adjacent to an activating group) is 1. The van der Waals surface area contributed by atoms with Gasteiger partial charge in [0.15, 0.2) is 0 Å². The third kappa shape index (κ3) is 60.5. The Morgan fingerprint density at radius 1 is 0.462 bits per heavy atom. The zero-order valence-corrected chi connectivity index (χ0v) is 52.0. The van der Waals surface area contributed by atoms with Gasteiger partial charge in [0.05, 0.1) is 39.9 Å². The molecule has 0 heterocycles. The summed E-state index contributed by atoms with van der Waals surface area (Å²) in [5, 5.41) is 13.9. The van der Waals surface area contributed by atoms with Crippen LogP contribution in [0.25, 0.3) is 0 Å². The van der Waals surface area contributed by atoms with Gasteiger partial charge >= 0.3 is 0 Å². The molecular weight excluding hydrogens is 984 g/mol. The van der Waals surface area contributed by atoms with Gasteiger partial charge in [-0.3, -0.25) is 9.36 Å². The molecule has 0 spiro atoms. The first-order valence-electron chi connectivity index (χ1n) is 31.9. The van der Waals surface area contributed by atoms with Gasteiger partial charge in [-0.2, -0.15) is 0 Å². The van der Waals surface area contributed by atoms with Crippen LogP contribution in [0.2, 0.25) is 0 Å². The van der Waals surface area contributed by atoms with Crippen molar-refractivity contribution in [1.29, 1.82) is 0 Å². The molecule has 78 heavy (non-hydrogen) atoms. The minimum absolute atomic E-state index is 0.00514. The highest BCUT2D eigenvalue weighted by molar-refractivity contribution is 7.45. The number of aliphatic hydroxyl groups is 1. The number of nitrogens with zero attached hydrogens (tertiary/aromatic N) is 1. The van der Waals surface area contributed by atoms with Crippen molar-refractivity contribution in [2.75, 3.05) is 40.9 Å². The Bertz CT molecular complexity index is 1680. The van der Waals surface area contributed by atoms with Crippen LogP contribution in [-0.2, 0) is 18.4 Å². The number of rotatable bonds is 57. The van der Waals surface area contributed by atoms with E-state index in [2.05, 4.69) is 129 Å². The predicted octanol–water partition coefficient (Wildman–Crippen LogP) is 19.5. The van der Waals surface area contributed by atoms with Crippen molar-refractivity contribution in [2.45, 2.75) is 270 Å². The maximum absolute atomic E-state index is 13.0. The Kier molecular flexibility index (Phi) is 56.2. The van der Waals surface area contributed by atoms with E-state index >= 15 is 0 Å². The fraction of sp³-hybridized carbons (Fsp3) is 0.696. The summed E-state index contributed by atoms with van der Waals surface area (Å²) in [7, 11) is 1.25. The molecular formula is C69H121N2O6P. The van der Waals surface area contributed by atoms with Gasteiger partial charge in [0.25, 0.3) is 7.82 Å². The number of quaternary nitrogens is 1. The molecule has 0 saturated carbocycles. The molecule has 3 atom stereocenters. The number of amides is 1. The van der Waals surface area contributed by atoms with Gasteiger partial charge in [0.2, 0.25) is 5.91 Å². The van der Waals surface area contributed by atoms with E-state index < -0.39 is 20.0 Å². The molecule has 0 bridgehead atoms. The van der Waals surface area contributed by atoms with Crippen molar-refractivity contribution in [3.63, 3.8) is 0 Å². The fourth-order valence-corrected chi connectivity index (χ4v) is 9.46. The van der Waals surface area contributed by atoms with E-state index in [1.165, 1.54) is 141 Å². The molecule has 8 nitrogen and oxygen atoms in total. The highest BCUT2D eigenvalue weighted by Crippen LogP contribution is 2.38. The van der Waals surface area contributed by atoms with E-state index in [-0.39, 0.29) is 19.1 Å². The summed E-state index contributed by atoms with van der Waals surface area (Å²) >= 11 is 0. The summed E-state index contributed by atoms with van der Waals surface area (Å²) in [6.45, 7) is 4.53. The highest BCUT2D eigenvalue weighted by atomic mass is 31.2. The molecule has 0 radical (unpaired) electrons. The minimum Gasteiger partial charge on any atom is -0.756 e. The van der Waals surface area contributed by atoms with Crippen LogP contribution in [0, 0.1) is 0 Å². The first-order valence-corrected chi connectivity index (χ1v) is 33.4. The Balaban J connectivity index is 4.04. The fourth-order valence-electron chi connectivity index (χ4n) is 8.73. The molecule has 0 aliphatic rings. The molecule has 0 aromatic rings. The number of aliphatic hydroxyl groups excluding tert-OH is 1. The number of allylic oxidation sites excluding steroid dienone is 19. The van der Waals surface area contributed by atoms with Crippen LogP contribution < -0.4 is 10.2 Å². The third-order valence-electron chi connectivity index (χ3n) is 13.7. The number of carbonyl (C=O) groups excluding carboxylic acids is 1. The lowest BCUT2D eigenvalue weighted by Gasteiger charge is -2.29. The van der Waals surface area contributed by atoms with Crippen molar-refractivity contribution in [3.05, 3.63) is 122 Å². The van der Waals surface area contributed by atoms with Crippen LogP contribution in [0.15, 0.2) is 122 Å². The quantitative estimate of drug-likeness (QED) is 0.0272. The van der Waals surface area contributed by atoms with Crippen molar-refractivity contribution < 1.29 is 32.9 Å². The molecule has 0 rings (SSSR count). The standard InChI is InChI=1S/C69H121N2O6P/c1-6-8-10-12-14-16-18-20-22-23-24-25-26-27-28-29-30-31-32-33-34-35-36-37-38-39-40-41-42-43-44-45-46-47-49-51-53-55-57-59-61-63-69(73)70-67(66-77-78(74,75)76-65-64-71(3,4)5)68(72)62-60-58-56-54-52-50-48-21-19-17-15-13-11-9-7-2/h8,10,14,16,20,22,24-25,27-28,30-31,33-34,36-37,39-40,60,62,67-68,72H,6-7,9,11-13,15,17-19,21,23,26,29,32,35,38,41-59,61,63-66H2,1-5H3,(H-,70,73,74,75)/b10-8-,16-14-,22-20-,25-24-,28-27-,31-30-,34-33-,37-36-,40-39-,62-60+. The second-order valence-electron chi connectivity index (χ2n) is 22.4. The summed E-state index contributed by atoms with van der Waals surface area (Å²) in [4.78, 5) is 25.5. The zero-order chi connectivity index (χ0) is 57.0. The maximum Gasteiger partial charge on any atom is 0.268 e. The van der Waals surface area contributed by atoms with Crippen LogP contribution in [0.3, 0.4) is 0 Å². The number of phosphoric acid groups is 1. The summed E-state index contributed by atoms with van der Waals surface area (Å²) in [6.07, 6.45) is 87.2. The Morgan fingerprint density at radius 2 is 0.782 bits per heavy atom. The number of hydrogen-bond acceptors (Lipinski definition) is 6. The van der Waals surface area contributed by atoms with Crippen LogP contribution in [0.4, 0.5) is 0 Å². The summed E-state index contributed by atoms with van der Waals surface area (Å²) in [5.74, 6) is -0.202. The lowest BCUT2D eigenvalue weighted by atomic mass is 10.0. The summed E-state index contributed by atoms with van der Waals surface area (Å²) < 4.78 is 23.4. The zero-order valence-electron chi connectivity index (χ0n) is 51.1. The lowest BCUT2D eigenvalue weighted by Crippen LogP contribution is -2.45. The van der Waals surface area contributed by atoms with Crippen molar-refractivity contribution in [3.8, 4) is 0 Å². The second kappa shape index (κ2) is 58.6. The molecule has 9 heteroatoms. The van der Waals surface area contributed by atoms with Crippen molar-refractivity contribution in [2.24, 2.45) is 0 Å². The lowest BCUT2D eigenvalue weighted by molar-refractivity contribution is -0.870. The SMILES string of the molecule is CC/C=C\C/C=C\C/C=C\C/C=C\C/C=C\C/C=C\C/C=C\C/C=C\C/C=C\CCCCCCCCCCCCCCCC(=O)NC(COP(=O)([O-])OCC[N+](C)(C)C)C(O)/C=C/CCCCCCCCCCCCCCC. The van der Waals surface area contributed by atoms with Crippen LogP contribution in [0.1, 0.15) is 258 Å². The van der Waals surface area contributed by atoms with Crippen LogP contribution in [0.5, 0.6) is 0 Å². The molecule has 0 aromatic carbocycles. The normalized spacial score (nSPS) is 14.6. The van der Waals surface area contributed by atoms with Crippen molar-refractivity contribution in [1.82, 2.24) is 5.32 Å². The number of nitrogens with one attached hydrogen (secondary N) is 1. The second-order valence-corrected chi connectivity index (χ2v) is 23.8. The Morgan fingerprint density at radius 3 is 1.14 bits per heavy atom. The molecule has 0 aliphatic carbocycles. The summed E-state index contributed by atoms with van der Waals surface area (Å²) in [6, 6.07) is -0.893. The third-order valence-corrected chi connectivity index (χ3v) is 14.6. The van der Waals surface area contributed by atoms with Gasteiger partial charge < -0.3 is 28.8 Å². The molecule has 0 aliphatic heterocycles. The van der Waals surface area contributed by atoms with Gasteiger partial charge in [-0.15, -0.1) is 0 Å². The topological polar surface area (TPSA) is 108 Å². The number of phosphoric ester groups is 1. The molecule has 1 amide bonds. The number of hydrogen-bond donors (Lipinski definition) is 2. The van der Waals surface area contributed by atoms with E-state index in [1.807, 2.05) is 27.2 Å². The Labute approximate surface area is 482 Å². The summed E-state index contributed by atoms with van der Waals surface area (Å²) in [5.41, 5.74) is 0. The smallest absolute Gasteiger partial charge is 0.268 e. The molecule has 2 N–H and O–H groups in total. The molecule has 0 saturated heterocycles. The van der Waals surface area contributed by atoms with Gasteiger partial charge in [-0.1, -0.05) is 283 Å². The van der Waals surface area contributed by atoms with E-state index in [1.54, 1.807) is 6.08 Å². The van der Waals surface area contributed by atoms with E-state index in [0.29, 0.717) is 17.4 Å². The molecule has 448 valence electrons. The van der Waals surface area contributed by atoms with Crippen LogP contribution in [-0.4, -0.2) is 68.5 Å². The molecule has 0 fully saturated rings. The van der Waals surface area contributed by atoms with Gasteiger partial charge in [0, 0.05) is 6.42 Å². The minimum atomic E-state index is -4.60. The highest BCUT2D eigenvalue weighted by Gasteiger charge is 2.23. The average molecular weight is 1110 g/mol. The molecule has 0 aromatic heterocycles. The first-order chi connectivity index (χ1) is 38.0. The Hall–Kier alpha value is -3.10. The first kappa shape index (κ1) is 74.9. The maximum atomic E-state index is 13.0. The predicted molar refractivity (Wildman–Crippen MR) is 339 cm³/mol. The van der Waals surface area contributed by atoms with Gasteiger partial charge in [-0.05, 0) is 89.9 Å². The van der Waals surface area contributed by atoms with Crippen LogP contribution >= 0.6 is 7.82 Å². The van der Waals surface area contributed by atoms with E-state index in [0.717, 1.165) is 96.3 Å².